The first kappa shape index (κ1) is 9.26. The lowest BCUT2D eigenvalue weighted by Crippen LogP contribution is -2.15. The molecule has 0 amide bonds. The van der Waals surface area contributed by atoms with Crippen molar-refractivity contribution >= 4 is 0 Å². The summed E-state index contributed by atoms with van der Waals surface area (Å²) in [6, 6.07) is 0. The van der Waals surface area contributed by atoms with E-state index in [0.29, 0.717) is 5.92 Å². The molecule has 0 saturated carbocycles. The summed E-state index contributed by atoms with van der Waals surface area (Å²) in [6.45, 7) is 6.02. The lowest BCUT2D eigenvalue weighted by atomic mass is 10.1. The number of hydrogen-bond acceptors (Lipinski definition) is 2. The number of nitrogens with two attached hydrogens (primary N) is 1. The second-order valence-corrected chi connectivity index (χ2v) is 3.22. The van der Waals surface area contributed by atoms with Gasteiger partial charge >= 0.3 is 0 Å². The second-order valence-electron chi connectivity index (χ2n) is 3.22. The van der Waals surface area contributed by atoms with Crippen LogP contribution in [-0.4, -0.2) is 16.1 Å². The topological polar surface area (TPSA) is 43.8 Å². The molecule has 3 nitrogen and oxygen atoms in total. The highest BCUT2D eigenvalue weighted by atomic mass is 15.0. The molecule has 68 valence electrons. The van der Waals surface area contributed by atoms with Crippen LogP contribution in [0.25, 0.3) is 0 Å². The lowest BCUT2D eigenvalue weighted by molar-refractivity contribution is 0.560. The van der Waals surface area contributed by atoms with Crippen molar-refractivity contribution in [1.29, 1.82) is 0 Å². The summed E-state index contributed by atoms with van der Waals surface area (Å²) in [5, 5.41) is 0. The Balaban J connectivity index is 2.61. The average molecular weight is 167 g/mol. The van der Waals surface area contributed by atoms with E-state index >= 15 is 0 Å². The van der Waals surface area contributed by atoms with E-state index in [-0.39, 0.29) is 0 Å². The summed E-state index contributed by atoms with van der Waals surface area (Å²) < 4.78 is 2.16. The highest BCUT2D eigenvalue weighted by Crippen LogP contribution is 2.06. The minimum atomic E-state index is 0.548. The molecule has 1 rings (SSSR count). The smallest absolute Gasteiger partial charge is 0.0948 e. The lowest BCUT2D eigenvalue weighted by Gasteiger charge is -2.09. The highest BCUT2D eigenvalue weighted by molar-refractivity contribution is 4.99. The summed E-state index contributed by atoms with van der Waals surface area (Å²) in [5.41, 5.74) is 6.84. The second kappa shape index (κ2) is 4.26. The predicted octanol–water partition coefficient (Wildman–Crippen LogP) is 1.04. The minimum Gasteiger partial charge on any atom is -0.335 e. The molecule has 0 fully saturated rings. The molecule has 1 unspecified atom stereocenters. The van der Waals surface area contributed by atoms with Crippen molar-refractivity contribution < 1.29 is 0 Å². The van der Waals surface area contributed by atoms with E-state index in [9.17, 15) is 0 Å². The first-order valence-electron chi connectivity index (χ1n) is 4.47. The maximum atomic E-state index is 5.55. The maximum Gasteiger partial charge on any atom is 0.0948 e. The fraction of sp³-hybridized carbons (Fsp3) is 0.667. The molecule has 1 aromatic heterocycles. The van der Waals surface area contributed by atoms with Crippen LogP contribution < -0.4 is 5.73 Å². The zero-order valence-corrected chi connectivity index (χ0v) is 7.83. The van der Waals surface area contributed by atoms with Crippen molar-refractivity contribution in [1.82, 2.24) is 9.55 Å². The number of aromatic nitrogens is 2. The van der Waals surface area contributed by atoms with Gasteiger partial charge < -0.3 is 10.3 Å². The third-order valence-corrected chi connectivity index (χ3v) is 2.10. The van der Waals surface area contributed by atoms with Crippen molar-refractivity contribution in [3.05, 3.63) is 18.2 Å². The quantitative estimate of drug-likeness (QED) is 0.728. The summed E-state index contributed by atoms with van der Waals surface area (Å²) in [5.74, 6) is 0.548. The maximum absolute atomic E-state index is 5.55. The van der Waals surface area contributed by atoms with Crippen molar-refractivity contribution in [3.63, 3.8) is 0 Å². The first-order chi connectivity index (χ1) is 5.77. The SMILES string of the molecule is CCn1cncc1CC(C)CN. The van der Waals surface area contributed by atoms with Crippen LogP contribution in [0.4, 0.5) is 0 Å². The molecule has 1 atom stereocenters. The Bertz CT molecular complexity index is 229. The van der Waals surface area contributed by atoms with Crippen LogP contribution >= 0.6 is 0 Å². The van der Waals surface area contributed by atoms with Crippen LogP contribution in [-0.2, 0) is 13.0 Å². The molecule has 1 heterocycles. The fourth-order valence-corrected chi connectivity index (χ4v) is 1.24. The van der Waals surface area contributed by atoms with Gasteiger partial charge in [0.15, 0.2) is 0 Å². The van der Waals surface area contributed by atoms with E-state index in [0.717, 1.165) is 19.5 Å². The Labute approximate surface area is 73.6 Å². The largest absolute Gasteiger partial charge is 0.335 e. The Morgan fingerprint density at radius 3 is 3.00 bits per heavy atom. The van der Waals surface area contributed by atoms with Crippen molar-refractivity contribution in [2.75, 3.05) is 6.54 Å². The fourth-order valence-electron chi connectivity index (χ4n) is 1.24. The van der Waals surface area contributed by atoms with Crippen LogP contribution in [0.1, 0.15) is 19.5 Å². The molecule has 0 aromatic carbocycles. The van der Waals surface area contributed by atoms with E-state index in [2.05, 4.69) is 23.4 Å². The van der Waals surface area contributed by atoms with Gasteiger partial charge in [0.25, 0.3) is 0 Å². The molecule has 0 aliphatic carbocycles. The molecule has 0 aliphatic rings. The normalized spacial score (nSPS) is 13.2. The Kier molecular flexibility index (Phi) is 3.29. The van der Waals surface area contributed by atoms with E-state index in [1.807, 2.05) is 12.5 Å². The van der Waals surface area contributed by atoms with Gasteiger partial charge in [0, 0.05) is 18.4 Å². The van der Waals surface area contributed by atoms with E-state index in [4.69, 9.17) is 5.73 Å². The van der Waals surface area contributed by atoms with E-state index < -0.39 is 0 Å². The molecule has 0 spiro atoms. The molecule has 0 aliphatic heterocycles. The van der Waals surface area contributed by atoms with Gasteiger partial charge in [-0.3, -0.25) is 0 Å². The van der Waals surface area contributed by atoms with Crippen LogP contribution in [0, 0.1) is 5.92 Å². The van der Waals surface area contributed by atoms with Gasteiger partial charge in [-0.25, -0.2) is 4.98 Å². The van der Waals surface area contributed by atoms with Crippen molar-refractivity contribution in [2.45, 2.75) is 26.8 Å². The van der Waals surface area contributed by atoms with Gasteiger partial charge in [0.1, 0.15) is 0 Å². The number of rotatable bonds is 4. The summed E-state index contributed by atoms with van der Waals surface area (Å²) in [6.07, 6.45) is 4.83. The van der Waals surface area contributed by atoms with Crippen LogP contribution in [0.3, 0.4) is 0 Å². The number of imidazole rings is 1. The van der Waals surface area contributed by atoms with Gasteiger partial charge in [0.2, 0.25) is 0 Å². The predicted molar refractivity (Wildman–Crippen MR) is 49.8 cm³/mol. The first-order valence-corrected chi connectivity index (χ1v) is 4.47. The number of hydrogen-bond donors (Lipinski definition) is 1. The Morgan fingerprint density at radius 2 is 2.42 bits per heavy atom. The van der Waals surface area contributed by atoms with Crippen molar-refractivity contribution in [2.24, 2.45) is 11.7 Å². The van der Waals surface area contributed by atoms with Gasteiger partial charge in [-0.2, -0.15) is 0 Å². The monoisotopic (exact) mass is 167 g/mol. The zero-order valence-electron chi connectivity index (χ0n) is 7.83. The van der Waals surface area contributed by atoms with Gasteiger partial charge in [-0.15, -0.1) is 0 Å². The average Bonchev–Trinajstić information content (AvgIpc) is 2.51. The summed E-state index contributed by atoms with van der Waals surface area (Å²) in [7, 11) is 0. The molecule has 12 heavy (non-hydrogen) atoms. The van der Waals surface area contributed by atoms with Gasteiger partial charge in [-0.05, 0) is 25.8 Å². The molecule has 0 bridgehead atoms. The Hall–Kier alpha value is -0.830. The molecule has 2 N–H and O–H groups in total. The summed E-state index contributed by atoms with van der Waals surface area (Å²) in [4.78, 5) is 4.10. The zero-order chi connectivity index (χ0) is 8.97. The minimum absolute atomic E-state index is 0.548. The van der Waals surface area contributed by atoms with Gasteiger partial charge in [-0.1, -0.05) is 6.92 Å². The molecule has 0 radical (unpaired) electrons. The number of aryl methyl sites for hydroxylation is 1. The number of nitrogens with zero attached hydrogens (tertiary/aromatic N) is 2. The van der Waals surface area contributed by atoms with E-state index in [1.54, 1.807) is 0 Å². The third kappa shape index (κ3) is 2.08. The standard InChI is InChI=1S/C9H17N3/c1-3-12-7-11-6-9(12)4-8(2)5-10/h6-8H,3-5,10H2,1-2H3. The molecule has 1 aromatic rings. The van der Waals surface area contributed by atoms with Crippen LogP contribution in [0.2, 0.25) is 0 Å². The van der Waals surface area contributed by atoms with Gasteiger partial charge in [0.05, 0.1) is 6.33 Å². The van der Waals surface area contributed by atoms with Crippen LogP contribution in [0.5, 0.6) is 0 Å². The Morgan fingerprint density at radius 1 is 1.67 bits per heavy atom. The highest BCUT2D eigenvalue weighted by Gasteiger charge is 2.04. The molecule has 3 heteroatoms. The summed E-state index contributed by atoms with van der Waals surface area (Å²) >= 11 is 0. The molecule has 0 saturated heterocycles. The van der Waals surface area contributed by atoms with Crippen molar-refractivity contribution in [3.8, 4) is 0 Å². The molecular weight excluding hydrogens is 150 g/mol. The molecular formula is C9H17N3. The van der Waals surface area contributed by atoms with E-state index in [1.165, 1.54) is 5.69 Å². The third-order valence-electron chi connectivity index (χ3n) is 2.10. The van der Waals surface area contributed by atoms with Crippen LogP contribution in [0.15, 0.2) is 12.5 Å².